The minimum Gasteiger partial charge on any atom is -0.481 e. The number of pyridine rings is 1. The van der Waals surface area contributed by atoms with E-state index in [1.54, 1.807) is 13.3 Å². The Bertz CT molecular complexity index is 742. The van der Waals surface area contributed by atoms with Crippen molar-refractivity contribution >= 4 is 28.3 Å². The van der Waals surface area contributed by atoms with Crippen LogP contribution >= 0.6 is 11.6 Å². The number of halogens is 1. The molecule has 1 saturated heterocycles. The topological polar surface area (TPSA) is 62.7 Å². The van der Waals surface area contributed by atoms with Crippen molar-refractivity contribution in [1.82, 2.24) is 9.88 Å². The Morgan fingerprint density at radius 1 is 1.38 bits per heavy atom. The van der Waals surface area contributed by atoms with Crippen LogP contribution in [-0.2, 0) is 16.1 Å². The van der Waals surface area contributed by atoms with Crippen molar-refractivity contribution in [3.8, 4) is 0 Å². The first-order chi connectivity index (χ1) is 11.5. The monoisotopic (exact) mass is 348 g/mol. The Hall–Kier alpha value is -1.69. The van der Waals surface area contributed by atoms with Crippen molar-refractivity contribution in [2.75, 3.05) is 26.8 Å². The molecule has 1 aromatic heterocycles. The van der Waals surface area contributed by atoms with Gasteiger partial charge < -0.3 is 9.84 Å². The van der Waals surface area contributed by atoms with Gasteiger partial charge in [-0.15, -0.1) is 0 Å². The van der Waals surface area contributed by atoms with Gasteiger partial charge in [-0.05, 0) is 49.5 Å². The number of nitrogens with zero attached hydrogens (tertiary/aromatic N) is 2. The smallest absolute Gasteiger partial charge is 0.312 e. The first-order valence-electron chi connectivity index (χ1n) is 8.02. The molecule has 3 rings (SSSR count). The molecular weight excluding hydrogens is 328 g/mol. The van der Waals surface area contributed by atoms with E-state index in [-0.39, 0.29) is 6.61 Å². The van der Waals surface area contributed by atoms with Crippen LogP contribution in [0.3, 0.4) is 0 Å². The van der Waals surface area contributed by atoms with Crippen molar-refractivity contribution in [3.63, 3.8) is 0 Å². The second-order valence-corrected chi connectivity index (χ2v) is 6.85. The summed E-state index contributed by atoms with van der Waals surface area (Å²) < 4.78 is 5.14. The third-order valence-corrected chi connectivity index (χ3v) is 5.10. The van der Waals surface area contributed by atoms with Gasteiger partial charge in [0.15, 0.2) is 0 Å². The molecule has 24 heavy (non-hydrogen) atoms. The standard InChI is InChI=1S/C18H21ClN2O3/c1-24-12-18(17(22)23)5-8-21(9-6-18)11-16-15-3-2-14(19)10-13(15)4-7-20-16/h2-4,7,10H,5-6,8-9,11-12H2,1H3,(H,22,23). The Labute approximate surface area is 146 Å². The molecular formula is C18H21ClN2O3. The van der Waals surface area contributed by atoms with Gasteiger partial charge in [-0.3, -0.25) is 14.7 Å². The predicted molar refractivity (Wildman–Crippen MR) is 93.2 cm³/mol. The highest BCUT2D eigenvalue weighted by Gasteiger charge is 2.41. The average Bonchev–Trinajstić information content (AvgIpc) is 2.56. The number of carboxylic acids is 1. The Kier molecular flexibility index (Phi) is 5.04. The number of hydrogen-bond donors (Lipinski definition) is 1. The van der Waals surface area contributed by atoms with Gasteiger partial charge in [0.1, 0.15) is 0 Å². The van der Waals surface area contributed by atoms with Gasteiger partial charge in [-0.2, -0.15) is 0 Å². The lowest BCUT2D eigenvalue weighted by molar-refractivity contribution is -0.156. The third kappa shape index (κ3) is 3.38. The van der Waals surface area contributed by atoms with E-state index in [1.165, 1.54) is 0 Å². The normalized spacial score (nSPS) is 17.9. The van der Waals surface area contributed by atoms with Gasteiger partial charge in [0.25, 0.3) is 0 Å². The molecule has 0 atom stereocenters. The fourth-order valence-electron chi connectivity index (χ4n) is 3.38. The van der Waals surface area contributed by atoms with Crippen molar-refractivity contribution in [2.24, 2.45) is 5.41 Å². The van der Waals surface area contributed by atoms with E-state index in [1.807, 2.05) is 24.3 Å². The molecule has 0 unspecified atom stereocenters. The third-order valence-electron chi connectivity index (χ3n) is 4.87. The highest BCUT2D eigenvalue weighted by molar-refractivity contribution is 6.31. The van der Waals surface area contributed by atoms with Crippen molar-refractivity contribution in [3.05, 3.63) is 41.2 Å². The number of fused-ring (bicyclic) bond motifs is 1. The highest BCUT2D eigenvalue weighted by atomic mass is 35.5. The zero-order valence-corrected chi connectivity index (χ0v) is 14.4. The number of carbonyl (C=O) groups is 1. The summed E-state index contributed by atoms with van der Waals surface area (Å²) in [6.45, 7) is 2.42. The molecule has 6 heteroatoms. The second-order valence-electron chi connectivity index (χ2n) is 6.42. The molecule has 0 spiro atoms. The first kappa shape index (κ1) is 17.1. The van der Waals surface area contributed by atoms with E-state index in [2.05, 4.69) is 9.88 Å². The molecule has 2 heterocycles. The number of aromatic nitrogens is 1. The zero-order chi connectivity index (χ0) is 17.2. The predicted octanol–water partition coefficient (Wildman–Crippen LogP) is 3.20. The Morgan fingerprint density at radius 2 is 2.12 bits per heavy atom. The number of ether oxygens (including phenoxy) is 1. The number of benzene rings is 1. The molecule has 1 aliphatic rings. The maximum absolute atomic E-state index is 11.6. The molecule has 5 nitrogen and oxygen atoms in total. The van der Waals surface area contributed by atoms with E-state index in [0.717, 1.165) is 29.6 Å². The van der Waals surface area contributed by atoms with Crippen molar-refractivity contribution < 1.29 is 14.6 Å². The maximum Gasteiger partial charge on any atom is 0.312 e. The first-order valence-corrected chi connectivity index (χ1v) is 8.40. The molecule has 1 fully saturated rings. The summed E-state index contributed by atoms with van der Waals surface area (Å²) in [5.74, 6) is -0.762. The number of piperidine rings is 1. The van der Waals surface area contributed by atoms with E-state index >= 15 is 0 Å². The minimum absolute atomic E-state index is 0.265. The summed E-state index contributed by atoms with van der Waals surface area (Å²) in [5, 5.41) is 12.4. The molecule has 0 bridgehead atoms. The van der Waals surface area contributed by atoms with Crippen molar-refractivity contribution in [2.45, 2.75) is 19.4 Å². The van der Waals surface area contributed by atoms with Crippen molar-refractivity contribution in [1.29, 1.82) is 0 Å². The summed E-state index contributed by atoms with van der Waals surface area (Å²) in [5.41, 5.74) is 0.240. The quantitative estimate of drug-likeness (QED) is 0.899. The minimum atomic E-state index is -0.762. The van der Waals surface area contributed by atoms with E-state index < -0.39 is 11.4 Å². The fourth-order valence-corrected chi connectivity index (χ4v) is 3.57. The van der Waals surface area contributed by atoms with Crippen LogP contribution in [-0.4, -0.2) is 47.8 Å². The van der Waals surface area contributed by atoms with Gasteiger partial charge in [-0.1, -0.05) is 17.7 Å². The molecule has 1 aliphatic heterocycles. The van der Waals surface area contributed by atoms with Gasteiger partial charge in [-0.25, -0.2) is 0 Å². The SMILES string of the molecule is COCC1(C(=O)O)CCN(Cc2nccc3cc(Cl)ccc23)CC1. The lowest BCUT2D eigenvalue weighted by Crippen LogP contribution is -2.46. The van der Waals surface area contributed by atoms with Crippen LogP contribution in [0.2, 0.25) is 5.02 Å². The van der Waals surface area contributed by atoms with Crippen LogP contribution in [0.1, 0.15) is 18.5 Å². The Balaban J connectivity index is 1.74. The average molecular weight is 349 g/mol. The maximum atomic E-state index is 11.6. The Morgan fingerprint density at radius 3 is 2.79 bits per heavy atom. The van der Waals surface area contributed by atoms with Crippen LogP contribution in [0, 0.1) is 5.41 Å². The molecule has 2 aromatic rings. The van der Waals surface area contributed by atoms with E-state index in [9.17, 15) is 9.90 Å². The lowest BCUT2D eigenvalue weighted by Gasteiger charge is -2.38. The van der Waals surface area contributed by atoms with Gasteiger partial charge in [0.2, 0.25) is 0 Å². The molecule has 1 N–H and O–H groups in total. The number of carboxylic acid groups (broad SMARTS) is 1. The van der Waals surface area contributed by atoms with Gasteiger partial charge in [0, 0.05) is 30.3 Å². The zero-order valence-electron chi connectivity index (χ0n) is 13.7. The number of rotatable bonds is 5. The van der Waals surface area contributed by atoms with Crippen LogP contribution in [0.5, 0.6) is 0 Å². The number of hydrogen-bond acceptors (Lipinski definition) is 4. The van der Waals surface area contributed by atoms with E-state index in [0.29, 0.717) is 24.4 Å². The number of methoxy groups -OCH3 is 1. The van der Waals surface area contributed by atoms with Crippen LogP contribution < -0.4 is 0 Å². The summed E-state index contributed by atoms with van der Waals surface area (Å²) in [4.78, 5) is 18.4. The molecule has 0 saturated carbocycles. The van der Waals surface area contributed by atoms with Crippen LogP contribution in [0.15, 0.2) is 30.5 Å². The fraction of sp³-hybridized carbons (Fsp3) is 0.444. The largest absolute Gasteiger partial charge is 0.481 e. The van der Waals surface area contributed by atoms with Gasteiger partial charge in [0.05, 0.1) is 17.7 Å². The molecule has 0 aliphatic carbocycles. The summed E-state index contributed by atoms with van der Waals surface area (Å²) >= 11 is 6.06. The number of likely N-dealkylation sites (tertiary alicyclic amines) is 1. The summed E-state index contributed by atoms with van der Waals surface area (Å²) in [7, 11) is 1.56. The highest BCUT2D eigenvalue weighted by Crippen LogP contribution is 2.33. The second kappa shape index (κ2) is 7.05. The number of aliphatic carboxylic acids is 1. The molecule has 0 amide bonds. The van der Waals surface area contributed by atoms with Crippen LogP contribution in [0.25, 0.3) is 10.8 Å². The molecule has 0 radical (unpaired) electrons. The summed E-state index contributed by atoms with van der Waals surface area (Å²) in [6, 6.07) is 7.76. The molecule has 128 valence electrons. The lowest BCUT2D eigenvalue weighted by atomic mass is 9.79. The van der Waals surface area contributed by atoms with Crippen LogP contribution in [0.4, 0.5) is 0 Å². The summed E-state index contributed by atoms with van der Waals surface area (Å²) in [6.07, 6.45) is 2.98. The van der Waals surface area contributed by atoms with E-state index in [4.69, 9.17) is 16.3 Å². The van der Waals surface area contributed by atoms with Gasteiger partial charge >= 0.3 is 5.97 Å². The molecule has 1 aromatic carbocycles.